The number of H-pyrrole nitrogens is 1. The average molecular weight is 479 g/mol. The molecule has 1 unspecified atom stereocenters. The molecule has 0 aliphatic rings. The maximum Gasteiger partial charge on any atom is 0.180 e. The fourth-order valence-corrected chi connectivity index (χ4v) is 4.22. The van der Waals surface area contributed by atoms with Crippen LogP contribution in [0.15, 0.2) is 72.8 Å². The normalized spacial score (nSPS) is 12.6. The fraction of sp³-hybridized carbons (Fsp3) is 0.250. The lowest BCUT2D eigenvalue weighted by Crippen LogP contribution is -2.14. The fourth-order valence-electron chi connectivity index (χ4n) is 4.22. The third kappa shape index (κ3) is 4.75. The highest BCUT2D eigenvalue weighted by molar-refractivity contribution is 5.80. The number of nitrogens with one attached hydrogen (secondary N) is 1. The molecule has 1 atom stereocenters. The lowest BCUT2D eigenvalue weighted by Gasteiger charge is -2.14. The molecule has 2 aromatic heterocycles. The first kappa shape index (κ1) is 23.4. The van der Waals surface area contributed by atoms with E-state index in [-0.39, 0.29) is 11.3 Å². The molecule has 0 saturated carbocycles. The highest BCUT2D eigenvalue weighted by Gasteiger charge is 2.25. The van der Waals surface area contributed by atoms with Gasteiger partial charge >= 0.3 is 0 Å². The van der Waals surface area contributed by atoms with Gasteiger partial charge in [0.25, 0.3) is 0 Å². The second kappa shape index (κ2) is 9.37. The second-order valence-corrected chi connectivity index (χ2v) is 10.1. The number of nitrogens with zero attached hydrogens (tertiary/aromatic N) is 6. The summed E-state index contributed by atoms with van der Waals surface area (Å²) in [6.07, 6.45) is 0. The first-order valence-corrected chi connectivity index (χ1v) is 12.0. The van der Waals surface area contributed by atoms with Crippen LogP contribution in [0.4, 0.5) is 5.69 Å². The van der Waals surface area contributed by atoms with Gasteiger partial charge in [-0.1, -0.05) is 88.4 Å². The van der Waals surface area contributed by atoms with Gasteiger partial charge in [0, 0.05) is 22.6 Å². The molecular weight excluding hydrogens is 448 g/mol. The topological polar surface area (TPSA) is 111 Å². The van der Waals surface area contributed by atoms with E-state index in [1.807, 2.05) is 35.0 Å². The molecule has 0 bridgehead atoms. The smallest absolute Gasteiger partial charge is 0.180 e. The van der Waals surface area contributed by atoms with Gasteiger partial charge in [-0.05, 0) is 44.8 Å². The van der Waals surface area contributed by atoms with Crippen LogP contribution in [-0.2, 0) is 12.0 Å². The number of benzene rings is 3. The average Bonchev–Trinajstić information content (AvgIpc) is 3.55. The third-order valence-electron chi connectivity index (χ3n) is 6.32. The van der Waals surface area contributed by atoms with E-state index in [9.17, 15) is 0 Å². The van der Waals surface area contributed by atoms with Gasteiger partial charge in [-0.25, -0.2) is 14.8 Å². The van der Waals surface area contributed by atoms with Crippen LogP contribution in [0.3, 0.4) is 0 Å². The molecule has 2 heterocycles. The van der Waals surface area contributed by atoms with Gasteiger partial charge < -0.3 is 5.73 Å². The highest BCUT2D eigenvalue weighted by Crippen LogP contribution is 2.31. The summed E-state index contributed by atoms with van der Waals surface area (Å²) in [6.45, 7) is 9.21. The molecule has 3 aromatic carbocycles. The van der Waals surface area contributed by atoms with Crippen molar-refractivity contribution in [2.24, 2.45) is 0 Å². The van der Waals surface area contributed by atoms with E-state index in [1.54, 1.807) is 0 Å². The van der Waals surface area contributed by atoms with E-state index in [1.165, 1.54) is 0 Å². The number of nitrogen functional groups attached to an aromatic ring is 1. The maximum absolute atomic E-state index is 5.91. The lowest BCUT2D eigenvalue weighted by atomic mass is 9.96. The van der Waals surface area contributed by atoms with Gasteiger partial charge in [0.05, 0.1) is 6.54 Å². The Hall–Kier alpha value is -4.33. The van der Waals surface area contributed by atoms with Crippen LogP contribution >= 0.6 is 0 Å². The zero-order valence-corrected chi connectivity index (χ0v) is 21.0. The van der Waals surface area contributed by atoms with Gasteiger partial charge in [-0.15, -0.1) is 5.10 Å². The Morgan fingerprint density at radius 2 is 1.61 bits per heavy atom. The van der Waals surface area contributed by atoms with Gasteiger partial charge in [-0.3, -0.25) is 0 Å². The largest absolute Gasteiger partial charge is 0.399 e. The third-order valence-corrected chi connectivity index (χ3v) is 6.32. The Kier molecular flexibility index (Phi) is 6.10. The molecule has 8 nitrogen and oxygen atoms in total. The van der Waals surface area contributed by atoms with Crippen molar-refractivity contribution < 1.29 is 0 Å². The predicted octanol–water partition coefficient (Wildman–Crippen LogP) is 5.21. The zero-order chi connectivity index (χ0) is 25.3. The molecule has 5 aromatic rings. The van der Waals surface area contributed by atoms with Crippen molar-refractivity contribution in [2.75, 3.05) is 5.73 Å². The summed E-state index contributed by atoms with van der Waals surface area (Å²) in [5.41, 5.74) is 11.9. The second-order valence-electron chi connectivity index (χ2n) is 10.1. The Bertz CT molecular complexity index is 1440. The quantitative estimate of drug-likeness (QED) is 0.324. The minimum absolute atomic E-state index is 0.0795. The lowest BCUT2D eigenvalue weighted by molar-refractivity contribution is 0.532. The zero-order valence-electron chi connectivity index (χ0n) is 21.0. The monoisotopic (exact) mass is 478 g/mol. The number of hydrogen-bond donors (Lipinski definition) is 2. The van der Waals surface area contributed by atoms with Crippen molar-refractivity contribution in [3.63, 3.8) is 0 Å². The van der Waals surface area contributed by atoms with Crippen LogP contribution in [0.2, 0.25) is 0 Å². The molecule has 5 rings (SSSR count). The van der Waals surface area contributed by atoms with E-state index in [0.717, 1.165) is 45.2 Å². The molecular formula is C28H30N8. The molecule has 36 heavy (non-hydrogen) atoms. The van der Waals surface area contributed by atoms with Crippen LogP contribution in [-0.4, -0.2) is 35.4 Å². The van der Waals surface area contributed by atoms with E-state index < -0.39 is 0 Å². The summed E-state index contributed by atoms with van der Waals surface area (Å²) in [7, 11) is 0. The molecule has 0 aliphatic heterocycles. The van der Waals surface area contributed by atoms with E-state index in [4.69, 9.17) is 15.8 Å². The van der Waals surface area contributed by atoms with Crippen molar-refractivity contribution in [1.82, 2.24) is 35.4 Å². The van der Waals surface area contributed by atoms with E-state index >= 15 is 0 Å². The molecule has 0 spiro atoms. The van der Waals surface area contributed by atoms with Crippen LogP contribution in [0.5, 0.6) is 0 Å². The molecule has 0 fully saturated rings. The first-order chi connectivity index (χ1) is 17.3. The SMILES string of the molecule is CC(c1ccc(N)cc1)c1nc(C(C)(C)C)nn1Cc1ccc(-c2ccccc2-c2nnn[nH]2)cc1. The Balaban J connectivity index is 1.46. The number of hydrogen-bond acceptors (Lipinski definition) is 6. The number of tetrazole rings is 1. The van der Waals surface area contributed by atoms with Crippen molar-refractivity contribution in [2.45, 2.75) is 45.6 Å². The number of nitrogens with two attached hydrogens (primary N) is 1. The van der Waals surface area contributed by atoms with Crippen LogP contribution in [0, 0.1) is 0 Å². The molecule has 0 aliphatic carbocycles. The summed E-state index contributed by atoms with van der Waals surface area (Å²) in [5.74, 6) is 2.51. The standard InChI is InChI=1S/C28H30N8/c1-18(20-13-15-22(29)16-14-20)26-30-27(28(2,3)4)33-36(26)17-19-9-11-21(12-10-19)23-7-5-6-8-24(23)25-31-34-35-32-25/h5-16,18H,17,29H2,1-4H3,(H,31,32,34,35). The molecule has 0 radical (unpaired) electrons. The van der Waals surface area contributed by atoms with Crippen LogP contribution in [0.1, 0.15) is 56.4 Å². The van der Waals surface area contributed by atoms with E-state index in [0.29, 0.717) is 12.4 Å². The number of rotatable bonds is 6. The first-order valence-electron chi connectivity index (χ1n) is 12.0. The van der Waals surface area contributed by atoms with Crippen molar-refractivity contribution >= 4 is 5.69 Å². The summed E-state index contributed by atoms with van der Waals surface area (Å²) in [4.78, 5) is 4.98. The Labute approximate surface area is 210 Å². The highest BCUT2D eigenvalue weighted by atomic mass is 15.5. The summed E-state index contributed by atoms with van der Waals surface area (Å²) >= 11 is 0. The van der Waals surface area contributed by atoms with Gasteiger partial charge in [0.15, 0.2) is 11.6 Å². The maximum atomic E-state index is 5.91. The van der Waals surface area contributed by atoms with Gasteiger partial charge in [0.1, 0.15) is 5.82 Å². The predicted molar refractivity (Wildman–Crippen MR) is 141 cm³/mol. The number of aromatic nitrogens is 7. The van der Waals surface area contributed by atoms with Crippen LogP contribution in [0.25, 0.3) is 22.5 Å². The van der Waals surface area contributed by atoms with Crippen molar-refractivity contribution in [1.29, 1.82) is 0 Å². The Morgan fingerprint density at radius 1 is 0.917 bits per heavy atom. The molecule has 8 heteroatoms. The van der Waals surface area contributed by atoms with Gasteiger partial charge in [0.2, 0.25) is 0 Å². The number of anilines is 1. The van der Waals surface area contributed by atoms with Crippen LogP contribution < -0.4 is 5.73 Å². The summed E-state index contributed by atoms with van der Waals surface area (Å²) in [6, 6.07) is 24.6. The minimum Gasteiger partial charge on any atom is -0.399 e. The molecule has 0 amide bonds. The van der Waals surface area contributed by atoms with Gasteiger partial charge in [-0.2, -0.15) is 5.10 Å². The summed E-state index contributed by atoms with van der Waals surface area (Å²) in [5, 5.41) is 19.3. The van der Waals surface area contributed by atoms with E-state index in [2.05, 4.69) is 90.8 Å². The molecule has 3 N–H and O–H groups in total. The summed E-state index contributed by atoms with van der Waals surface area (Å²) < 4.78 is 2.03. The molecule has 0 saturated heterocycles. The minimum atomic E-state index is -0.149. The molecule has 182 valence electrons. The van der Waals surface area contributed by atoms with Crippen molar-refractivity contribution in [3.05, 3.63) is 95.6 Å². The number of aromatic amines is 1. The van der Waals surface area contributed by atoms with Crippen molar-refractivity contribution in [3.8, 4) is 22.5 Å². The Morgan fingerprint density at radius 3 is 2.25 bits per heavy atom.